The van der Waals surface area contributed by atoms with E-state index < -0.39 is 0 Å². The molecule has 86 valence electrons. The summed E-state index contributed by atoms with van der Waals surface area (Å²) in [4.78, 5) is 5.86. The lowest BCUT2D eigenvalue weighted by Gasteiger charge is -2.19. The summed E-state index contributed by atoms with van der Waals surface area (Å²) in [6.45, 7) is 8.62. The maximum absolute atomic E-state index is 6.20. The van der Waals surface area contributed by atoms with Crippen molar-refractivity contribution >= 4 is 11.3 Å². The Kier molecular flexibility index (Phi) is 4.74. The predicted octanol–water partition coefficient (Wildman–Crippen LogP) is 3.07. The molecule has 0 saturated heterocycles. The van der Waals surface area contributed by atoms with Crippen molar-refractivity contribution in [1.29, 1.82) is 0 Å². The second kappa shape index (κ2) is 5.61. The van der Waals surface area contributed by atoms with Gasteiger partial charge in [-0.1, -0.05) is 26.7 Å². The fraction of sp³-hybridized carbons (Fsp3) is 0.750. The molecule has 0 bridgehead atoms. The van der Waals surface area contributed by atoms with E-state index in [0.717, 1.165) is 12.1 Å². The van der Waals surface area contributed by atoms with E-state index in [1.807, 2.05) is 0 Å². The van der Waals surface area contributed by atoms with Gasteiger partial charge in [0.05, 0.1) is 10.7 Å². The molecule has 1 heterocycles. The van der Waals surface area contributed by atoms with Crippen LogP contribution in [0, 0.1) is 19.8 Å². The second-order valence-electron chi connectivity index (χ2n) is 4.19. The van der Waals surface area contributed by atoms with Crippen molar-refractivity contribution in [1.82, 2.24) is 4.98 Å². The van der Waals surface area contributed by atoms with Gasteiger partial charge < -0.3 is 5.73 Å². The van der Waals surface area contributed by atoms with Gasteiger partial charge >= 0.3 is 0 Å². The van der Waals surface area contributed by atoms with Crippen LogP contribution in [0.3, 0.4) is 0 Å². The van der Waals surface area contributed by atoms with Crippen molar-refractivity contribution in [3.05, 3.63) is 15.6 Å². The predicted molar refractivity (Wildman–Crippen MR) is 67.3 cm³/mol. The first-order chi connectivity index (χ1) is 7.08. The van der Waals surface area contributed by atoms with E-state index in [1.54, 1.807) is 11.3 Å². The molecule has 1 atom stereocenters. The highest BCUT2D eigenvalue weighted by Crippen LogP contribution is 2.21. The number of nitrogens with two attached hydrogens (primary N) is 1. The van der Waals surface area contributed by atoms with Crippen molar-refractivity contribution in [2.75, 3.05) is 0 Å². The van der Waals surface area contributed by atoms with Gasteiger partial charge in [-0.05, 0) is 19.8 Å². The third-order valence-corrected chi connectivity index (χ3v) is 4.23. The molecule has 1 aromatic heterocycles. The van der Waals surface area contributed by atoms with Gasteiger partial charge in [-0.25, -0.2) is 4.98 Å². The lowest BCUT2D eigenvalue weighted by molar-refractivity contribution is 0.393. The van der Waals surface area contributed by atoms with Crippen LogP contribution < -0.4 is 5.73 Å². The fourth-order valence-corrected chi connectivity index (χ4v) is 2.89. The Morgan fingerprint density at radius 1 is 1.27 bits per heavy atom. The summed E-state index contributed by atoms with van der Waals surface area (Å²) in [5.41, 5.74) is 7.36. The quantitative estimate of drug-likeness (QED) is 0.838. The van der Waals surface area contributed by atoms with E-state index in [0.29, 0.717) is 5.92 Å². The average molecular weight is 226 g/mol. The number of thiazole rings is 1. The van der Waals surface area contributed by atoms with E-state index in [9.17, 15) is 0 Å². The highest BCUT2D eigenvalue weighted by Gasteiger charge is 2.16. The Balaban J connectivity index is 2.61. The van der Waals surface area contributed by atoms with Crippen molar-refractivity contribution in [2.24, 2.45) is 11.7 Å². The number of hydrogen-bond donors (Lipinski definition) is 1. The Morgan fingerprint density at radius 3 is 2.27 bits per heavy atom. The molecule has 0 saturated carbocycles. The molecule has 0 spiro atoms. The maximum atomic E-state index is 6.20. The Hall–Kier alpha value is -0.410. The molecule has 3 heteroatoms. The highest BCUT2D eigenvalue weighted by molar-refractivity contribution is 7.11. The van der Waals surface area contributed by atoms with E-state index >= 15 is 0 Å². The van der Waals surface area contributed by atoms with Crippen LogP contribution in [-0.4, -0.2) is 11.0 Å². The second-order valence-corrected chi connectivity index (χ2v) is 5.48. The molecule has 2 nitrogen and oxygen atoms in total. The summed E-state index contributed by atoms with van der Waals surface area (Å²) in [7, 11) is 0. The van der Waals surface area contributed by atoms with Gasteiger partial charge in [0.1, 0.15) is 0 Å². The summed E-state index contributed by atoms with van der Waals surface area (Å²) in [5.74, 6) is 0.634. The Morgan fingerprint density at radius 2 is 1.87 bits per heavy atom. The van der Waals surface area contributed by atoms with Gasteiger partial charge in [0.2, 0.25) is 0 Å². The van der Waals surface area contributed by atoms with Crippen LogP contribution in [-0.2, 0) is 6.42 Å². The first-order valence-corrected chi connectivity index (χ1v) is 6.58. The van der Waals surface area contributed by atoms with Crippen LogP contribution in [0.25, 0.3) is 0 Å². The minimum Gasteiger partial charge on any atom is -0.327 e. The minimum atomic E-state index is 0.268. The van der Waals surface area contributed by atoms with E-state index in [-0.39, 0.29) is 6.04 Å². The van der Waals surface area contributed by atoms with Crippen LogP contribution in [0.4, 0.5) is 0 Å². The van der Waals surface area contributed by atoms with Crippen molar-refractivity contribution < 1.29 is 0 Å². The molecule has 1 aromatic rings. The minimum absolute atomic E-state index is 0.268. The lowest BCUT2D eigenvalue weighted by atomic mass is 9.93. The molecule has 0 amide bonds. The van der Waals surface area contributed by atoms with E-state index in [2.05, 4.69) is 32.7 Å². The third kappa shape index (κ3) is 3.28. The van der Waals surface area contributed by atoms with Gasteiger partial charge in [0.15, 0.2) is 0 Å². The molecule has 1 rings (SSSR count). The maximum Gasteiger partial charge on any atom is 0.0946 e. The van der Waals surface area contributed by atoms with Crippen LogP contribution in [0.2, 0.25) is 0 Å². The first kappa shape index (κ1) is 12.7. The molecular formula is C12H22N2S. The monoisotopic (exact) mass is 226 g/mol. The number of nitrogens with zero attached hydrogens (tertiary/aromatic N) is 1. The Labute approximate surface area is 96.9 Å². The van der Waals surface area contributed by atoms with Gasteiger partial charge in [-0.15, -0.1) is 11.3 Å². The number of aromatic nitrogens is 1. The van der Waals surface area contributed by atoms with E-state index in [1.165, 1.54) is 22.7 Å². The lowest BCUT2D eigenvalue weighted by Crippen LogP contribution is -2.31. The van der Waals surface area contributed by atoms with Gasteiger partial charge in [0.25, 0.3) is 0 Å². The van der Waals surface area contributed by atoms with E-state index in [4.69, 9.17) is 5.73 Å². The average Bonchev–Trinajstić information content (AvgIpc) is 2.47. The molecule has 0 aliphatic heterocycles. The summed E-state index contributed by atoms with van der Waals surface area (Å²) < 4.78 is 0. The van der Waals surface area contributed by atoms with Crippen LogP contribution in [0.1, 0.15) is 42.3 Å². The zero-order valence-corrected chi connectivity index (χ0v) is 11.0. The molecule has 0 fully saturated rings. The fourth-order valence-electron chi connectivity index (χ4n) is 1.89. The summed E-state index contributed by atoms with van der Waals surface area (Å²) in [5, 5.41) is 1.20. The third-order valence-electron chi connectivity index (χ3n) is 3.14. The molecule has 0 aromatic carbocycles. The summed E-state index contributed by atoms with van der Waals surface area (Å²) in [6, 6.07) is 0.268. The topological polar surface area (TPSA) is 38.9 Å². The molecule has 1 unspecified atom stereocenters. The summed E-state index contributed by atoms with van der Waals surface area (Å²) >= 11 is 1.79. The molecule has 0 aliphatic rings. The Bertz CT molecular complexity index is 283. The van der Waals surface area contributed by atoms with Crippen LogP contribution in [0.15, 0.2) is 0 Å². The van der Waals surface area contributed by atoms with Crippen molar-refractivity contribution in [2.45, 2.75) is 53.0 Å². The van der Waals surface area contributed by atoms with Gasteiger partial charge in [0, 0.05) is 17.3 Å². The van der Waals surface area contributed by atoms with Crippen molar-refractivity contribution in [3.63, 3.8) is 0 Å². The van der Waals surface area contributed by atoms with Crippen LogP contribution >= 0.6 is 11.3 Å². The number of hydrogen-bond acceptors (Lipinski definition) is 3. The van der Waals surface area contributed by atoms with Gasteiger partial charge in [-0.3, -0.25) is 0 Å². The zero-order chi connectivity index (χ0) is 11.4. The molecule has 0 aliphatic carbocycles. The smallest absolute Gasteiger partial charge is 0.0946 e. The standard InChI is InChI=1S/C12H22N2S/c1-5-10(6-2)11(13)7-12-14-8(3)9(4)15-12/h10-11H,5-7,13H2,1-4H3. The largest absolute Gasteiger partial charge is 0.327 e. The van der Waals surface area contributed by atoms with Gasteiger partial charge in [-0.2, -0.15) is 0 Å². The normalized spacial score (nSPS) is 13.5. The summed E-state index contributed by atoms with van der Waals surface area (Å²) in [6.07, 6.45) is 3.27. The first-order valence-electron chi connectivity index (χ1n) is 5.76. The molecular weight excluding hydrogens is 204 g/mol. The van der Waals surface area contributed by atoms with Crippen LogP contribution in [0.5, 0.6) is 0 Å². The number of rotatable bonds is 5. The highest BCUT2D eigenvalue weighted by atomic mass is 32.1. The molecule has 2 N–H and O–H groups in total. The SMILES string of the molecule is CCC(CC)C(N)Cc1nc(C)c(C)s1. The molecule has 0 radical (unpaired) electrons. The zero-order valence-electron chi connectivity index (χ0n) is 10.2. The number of aryl methyl sites for hydroxylation is 2. The van der Waals surface area contributed by atoms with Crippen molar-refractivity contribution in [3.8, 4) is 0 Å². The molecule has 15 heavy (non-hydrogen) atoms.